The Morgan fingerprint density at radius 1 is 0.875 bits per heavy atom. The lowest BCUT2D eigenvalue weighted by molar-refractivity contribution is -0.333. The molecule has 0 radical (unpaired) electrons. The quantitative estimate of drug-likeness (QED) is 0.0750. The molecule has 48 heavy (non-hydrogen) atoms. The maximum atomic E-state index is 14.0. The summed E-state index contributed by atoms with van der Waals surface area (Å²) in [6.45, 7) is -2.04. The van der Waals surface area contributed by atoms with Crippen molar-refractivity contribution < 1.29 is 78.5 Å². The molecule has 3 unspecified atom stereocenters. The van der Waals surface area contributed by atoms with Crippen LogP contribution >= 0.6 is 0 Å². The number of hydrogen-bond donors (Lipinski definition) is 15. The van der Waals surface area contributed by atoms with Crippen LogP contribution in [0.2, 0.25) is 0 Å². The molecule has 0 bridgehead atoms. The van der Waals surface area contributed by atoms with Crippen LogP contribution in [-0.4, -0.2) is 195 Å². The summed E-state index contributed by atoms with van der Waals surface area (Å²) < 4.78 is 50.6. The van der Waals surface area contributed by atoms with E-state index in [2.05, 4.69) is 10.6 Å². The van der Waals surface area contributed by atoms with Crippen molar-refractivity contribution in [3.8, 4) is 0 Å². The standard InChI is InChI=1S/C26H50F2N6O14/c27-26(28,7-30)22(43)23(44)34-10-3-9(31)20(19(42)21(10)48-24-16(39)13(32)14(37)12(6-35)46-24)47-25-18(41)17(40)15(38)11(45-25)5-33-4-8(36)1-2-29/h8-22,24-25,33,35-43H,1-7,29-32H2,(H,34,44)/t8?,9-,10+,11+,12+,13-,14+,15+,16+,17-,18+,19-,20?,21-,22?,24+,25+/m0/s1. The summed E-state index contributed by atoms with van der Waals surface area (Å²) in [6.07, 6.45) is -24.0. The number of carbonyl (C=O) groups excluding carboxylic acids is 1. The van der Waals surface area contributed by atoms with Gasteiger partial charge in [-0.05, 0) is 19.4 Å². The van der Waals surface area contributed by atoms with Gasteiger partial charge in [0.15, 0.2) is 18.7 Å². The van der Waals surface area contributed by atoms with E-state index in [-0.39, 0.29) is 26.1 Å². The van der Waals surface area contributed by atoms with Gasteiger partial charge in [-0.3, -0.25) is 4.79 Å². The molecule has 17 atom stereocenters. The Kier molecular flexibility index (Phi) is 15.1. The Morgan fingerprint density at radius 2 is 1.48 bits per heavy atom. The Balaban J connectivity index is 1.84. The monoisotopic (exact) mass is 708 g/mol. The number of nitrogens with one attached hydrogen (secondary N) is 2. The molecule has 1 amide bonds. The molecular weight excluding hydrogens is 658 g/mol. The highest BCUT2D eigenvalue weighted by Crippen LogP contribution is 2.32. The lowest BCUT2D eigenvalue weighted by Crippen LogP contribution is -2.70. The van der Waals surface area contributed by atoms with E-state index in [4.69, 9.17) is 41.9 Å². The topological polar surface area (TPSA) is 364 Å². The van der Waals surface area contributed by atoms with Crippen LogP contribution in [0.3, 0.4) is 0 Å². The SMILES string of the molecule is NCCC(O)CNC[C@H]1O[C@H](OC2[C@@H](N)C[C@@H](NC(=O)C(O)C(F)(F)CN)[C@H](O[C@H]3O[C@H](CO)[C@@H](O)[C@H](N)[C@H]3O)[C@H]2O)[C@H](O)[C@@H](O)[C@@H]1O. The average molecular weight is 709 g/mol. The fourth-order valence-electron chi connectivity index (χ4n) is 5.72. The molecule has 0 spiro atoms. The van der Waals surface area contributed by atoms with Crippen LogP contribution in [-0.2, 0) is 23.7 Å². The summed E-state index contributed by atoms with van der Waals surface area (Å²) in [7, 11) is 0. The summed E-state index contributed by atoms with van der Waals surface area (Å²) in [5.74, 6) is -5.67. The van der Waals surface area contributed by atoms with E-state index < -0.39 is 135 Å². The van der Waals surface area contributed by atoms with Gasteiger partial charge in [0.2, 0.25) is 0 Å². The third-order valence-corrected chi connectivity index (χ3v) is 8.68. The first kappa shape index (κ1) is 41.0. The van der Waals surface area contributed by atoms with Gasteiger partial charge in [0.05, 0.1) is 31.3 Å². The first-order valence-electron chi connectivity index (χ1n) is 15.5. The molecule has 2 heterocycles. The van der Waals surface area contributed by atoms with Crippen LogP contribution < -0.4 is 33.6 Å². The first-order chi connectivity index (χ1) is 22.5. The van der Waals surface area contributed by atoms with Crippen molar-refractivity contribution in [2.45, 2.75) is 123 Å². The number of rotatable bonds is 15. The van der Waals surface area contributed by atoms with Crippen LogP contribution in [0.1, 0.15) is 12.8 Å². The largest absolute Gasteiger partial charge is 0.394 e. The molecule has 22 heteroatoms. The predicted molar refractivity (Wildman–Crippen MR) is 155 cm³/mol. The fourth-order valence-corrected chi connectivity index (χ4v) is 5.72. The zero-order valence-electron chi connectivity index (χ0n) is 25.9. The van der Waals surface area contributed by atoms with Gasteiger partial charge >= 0.3 is 0 Å². The van der Waals surface area contributed by atoms with E-state index in [1.165, 1.54) is 0 Å². The van der Waals surface area contributed by atoms with Gasteiger partial charge in [-0.25, -0.2) is 8.78 Å². The number of amides is 1. The number of nitrogens with two attached hydrogens (primary N) is 4. The van der Waals surface area contributed by atoms with Gasteiger partial charge in [-0.15, -0.1) is 0 Å². The zero-order valence-corrected chi connectivity index (χ0v) is 25.9. The Hall–Kier alpha value is -1.39. The number of alkyl halides is 2. The van der Waals surface area contributed by atoms with E-state index in [0.717, 1.165) is 0 Å². The molecule has 0 aromatic carbocycles. The molecule has 1 aliphatic carbocycles. The minimum Gasteiger partial charge on any atom is -0.394 e. The lowest BCUT2D eigenvalue weighted by Gasteiger charge is -2.49. The van der Waals surface area contributed by atoms with Crippen molar-refractivity contribution in [2.24, 2.45) is 22.9 Å². The van der Waals surface area contributed by atoms with Crippen LogP contribution in [0.5, 0.6) is 0 Å². The molecule has 1 saturated carbocycles. The first-order valence-corrected chi connectivity index (χ1v) is 15.5. The molecule has 3 aliphatic rings. The van der Waals surface area contributed by atoms with Crippen LogP contribution in [0.15, 0.2) is 0 Å². The molecule has 20 nitrogen and oxygen atoms in total. The van der Waals surface area contributed by atoms with E-state index in [9.17, 15) is 59.5 Å². The van der Waals surface area contributed by atoms with E-state index in [1.54, 1.807) is 0 Å². The van der Waals surface area contributed by atoms with Gasteiger partial charge in [0.25, 0.3) is 11.8 Å². The van der Waals surface area contributed by atoms with Gasteiger partial charge in [0.1, 0.15) is 61.0 Å². The minimum absolute atomic E-state index is 0.0467. The van der Waals surface area contributed by atoms with Gasteiger partial charge < -0.3 is 98.5 Å². The normalized spacial score (nSPS) is 42.3. The molecule has 282 valence electrons. The van der Waals surface area contributed by atoms with Crippen molar-refractivity contribution in [3.63, 3.8) is 0 Å². The van der Waals surface area contributed by atoms with E-state index in [0.29, 0.717) is 0 Å². The molecule has 2 saturated heterocycles. The number of ether oxygens (including phenoxy) is 4. The second kappa shape index (κ2) is 17.7. The highest BCUT2D eigenvalue weighted by atomic mass is 19.3. The lowest BCUT2D eigenvalue weighted by atomic mass is 9.83. The van der Waals surface area contributed by atoms with Gasteiger partial charge in [-0.2, -0.15) is 0 Å². The molecule has 19 N–H and O–H groups in total. The number of aliphatic hydroxyl groups is 9. The van der Waals surface area contributed by atoms with E-state index in [1.807, 2.05) is 0 Å². The molecule has 3 rings (SSSR count). The van der Waals surface area contributed by atoms with Crippen molar-refractivity contribution in [2.75, 3.05) is 32.8 Å². The zero-order chi connectivity index (χ0) is 36.1. The van der Waals surface area contributed by atoms with Crippen LogP contribution in [0.4, 0.5) is 8.78 Å². The maximum absolute atomic E-state index is 14.0. The van der Waals surface area contributed by atoms with Gasteiger partial charge in [0, 0.05) is 19.1 Å². The second-order valence-electron chi connectivity index (χ2n) is 12.3. The summed E-state index contributed by atoms with van der Waals surface area (Å²) in [5.41, 5.74) is 22.5. The number of hydrogen-bond acceptors (Lipinski definition) is 19. The molecule has 0 aromatic heterocycles. The molecule has 2 aliphatic heterocycles. The molecule has 0 aromatic rings. The van der Waals surface area contributed by atoms with Gasteiger partial charge in [-0.1, -0.05) is 0 Å². The number of carbonyl (C=O) groups is 1. The average Bonchev–Trinajstić information content (AvgIpc) is 3.04. The highest BCUT2D eigenvalue weighted by molar-refractivity contribution is 5.82. The predicted octanol–water partition coefficient (Wildman–Crippen LogP) is -8.84. The smallest absolute Gasteiger partial charge is 0.294 e. The fraction of sp³-hybridized carbons (Fsp3) is 0.962. The molecular formula is C26H50F2N6O14. The molecule has 3 fully saturated rings. The Bertz CT molecular complexity index is 1010. The van der Waals surface area contributed by atoms with Crippen molar-refractivity contribution in [1.82, 2.24) is 10.6 Å². The number of halogens is 2. The Morgan fingerprint density at radius 3 is 2.08 bits per heavy atom. The van der Waals surface area contributed by atoms with Crippen molar-refractivity contribution in [1.29, 1.82) is 0 Å². The van der Waals surface area contributed by atoms with Crippen molar-refractivity contribution >= 4 is 5.91 Å². The summed E-state index contributed by atoms with van der Waals surface area (Å²) in [6, 6.07) is -4.21. The highest BCUT2D eigenvalue weighted by Gasteiger charge is 2.53. The van der Waals surface area contributed by atoms with Crippen LogP contribution in [0.25, 0.3) is 0 Å². The summed E-state index contributed by atoms with van der Waals surface area (Å²) in [5, 5.41) is 98.2. The third-order valence-electron chi connectivity index (χ3n) is 8.68. The Labute approximate surface area is 273 Å². The van der Waals surface area contributed by atoms with Crippen LogP contribution in [0, 0.1) is 0 Å². The second-order valence-corrected chi connectivity index (χ2v) is 12.3. The van der Waals surface area contributed by atoms with Crippen molar-refractivity contribution in [3.05, 3.63) is 0 Å². The minimum atomic E-state index is -4.05. The summed E-state index contributed by atoms with van der Waals surface area (Å²) >= 11 is 0. The maximum Gasteiger partial charge on any atom is 0.294 e. The summed E-state index contributed by atoms with van der Waals surface area (Å²) in [4.78, 5) is 12.6. The third kappa shape index (κ3) is 9.48. The van der Waals surface area contributed by atoms with E-state index >= 15 is 0 Å². The number of aliphatic hydroxyl groups excluding tert-OH is 9.